The number of aryl methyl sites for hydroxylation is 1. The quantitative estimate of drug-likeness (QED) is 0.536. The zero-order valence-corrected chi connectivity index (χ0v) is 15.5. The summed E-state index contributed by atoms with van der Waals surface area (Å²) in [5.41, 5.74) is 5.65. The van der Waals surface area contributed by atoms with Crippen molar-refractivity contribution < 1.29 is 14.5 Å². The summed E-state index contributed by atoms with van der Waals surface area (Å²) in [5.74, 6) is 1.44. The molecule has 0 amide bonds. The minimum Gasteiger partial charge on any atom is -0.489 e. The number of hydrogen-bond acceptors (Lipinski definition) is 3. The number of rotatable bonds is 3. The highest BCUT2D eigenvalue weighted by Gasteiger charge is 2.16. The van der Waals surface area contributed by atoms with Crippen molar-refractivity contribution in [2.75, 3.05) is 0 Å². The van der Waals surface area contributed by atoms with E-state index in [-0.39, 0.29) is 0 Å². The minimum atomic E-state index is 0.435. The molecule has 1 aliphatic heterocycles. The molecule has 0 N–H and O–H groups in total. The molecule has 3 heteroatoms. The van der Waals surface area contributed by atoms with E-state index in [1.165, 1.54) is 5.56 Å². The fourth-order valence-electron chi connectivity index (χ4n) is 2.80. The lowest BCUT2D eigenvalue weighted by Gasteiger charge is -2.11. The van der Waals surface area contributed by atoms with Gasteiger partial charge in [0.05, 0.1) is 0 Å². The molecule has 0 spiro atoms. The van der Waals surface area contributed by atoms with Gasteiger partial charge in [-0.3, -0.25) is 0 Å². The molecule has 0 radical (unpaired) electrons. The standard InChI is InChI=1S/C21H18O3.C2H6/c1-15-6-8-16(9-7-15)13-22-18-10-11-20-19-5-3-2-4-17(19)14-23-24-21(20)12-18;1-2/h2-12H,13-14H2,1H3;1-2H3. The first-order valence-corrected chi connectivity index (χ1v) is 9.00. The van der Waals surface area contributed by atoms with Crippen LogP contribution in [-0.4, -0.2) is 0 Å². The van der Waals surface area contributed by atoms with E-state index in [9.17, 15) is 0 Å². The molecule has 0 saturated carbocycles. The summed E-state index contributed by atoms with van der Waals surface area (Å²) in [7, 11) is 0. The monoisotopic (exact) mass is 348 g/mol. The Bertz CT molecular complexity index is 854. The van der Waals surface area contributed by atoms with Gasteiger partial charge < -0.3 is 9.62 Å². The first-order valence-electron chi connectivity index (χ1n) is 9.00. The van der Waals surface area contributed by atoms with Gasteiger partial charge in [0.1, 0.15) is 19.0 Å². The van der Waals surface area contributed by atoms with E-state index in [1.807, 2.05) is 44.2 Å². The lowest BCUT2D eigenvalue weighted by Crippen LogP contribution is -1.97. The summed E-state index contributed by atoms with van der Waals surface area (Å²) in [4.78, 5) is 10.8. The second-order valence-electron chi connectivity index (χ2n) is 5.93. The molecule has 0 aromatic heterocycles. The third-order valence-electron chi connectivity index (χ3n) is 4.15. The van der Waals surface area contributed by atoms with Crippen LogP contribution in [0.4, 0.5) is 0 Å². The van der Waals surface area contributed by atoms with Gasteiger partial charge in [-0.1, -0.05) is 67.9 Å². The number of ether oxygens (including phenoxy) is 1. The molecule has 4 rings (SSSR count). The fraction of sp³-hybridized carbons (Fsp3) is 0.217. The zero-order valence-electron chi connectivity index (χ0n) is 15.5. The van der Waals surface area contributed by atoms with E-state index in [0.717, 1.165) is 28.0 Å². The number of hydrogen-bond donors (Lipinski definition) is 0. The smallest absolute Gasteiger partial charge is 0.176 e. The SMILES string of the molecule is CC.Cc1ccc(COc2ccc3c(c2)OOCc2ccccc2-3)cc1. The van der Waals surface area contributed by atoms with Crippen molar-refractivity contribution >= 4 is 0 Å². The Morgan fingerprint density at radius 3 is 2.46 bits per heavy atom. The lowest BCUT2D eigenvalue weighted by molar-refractivity contribution is -0.215. The lowest BCUT2D eigenvalue weighted by atomic mass is 9.99. The summed E-state index contributed by atoms with van der Waals surface area (Å²) >= 11 is 0. The fourth-order valence-corrected chi connectivity index (χ4v) is 2.80. The van der Waals surface area contributed by atoms with E-state index in [0.29, 0.717) is 19.0 Å². The van der Waals surface area contributed by atoms with Crippen molar-refractivity contribution in [3.63, 3.8) is 0 Å². The van der Waals surface area contributed by atoms with Crippen molar-refractivity contribution in [1.29, 1.82) is 0 Å². The topological polar surface area (TPSA) is 27.7 Å². The average molecular weight is 348 g/mol. The highest BCUT2D eigenvalue weighted by molar-refractivity contribution is 5.74. The molecule has 26 heavy (non-hydrogen) atoms. The Labute approximate surface area is 155 Å². The van der Waals surface area contributed by atoms with Crippen LogP contribution < -0.4 is 9.62 Å². The summed E-state index contributed by atoms with van der Waals surface area (Å²) < 4.78 is 5.89. The van der Waals surface area contributed by atoms with Gasteiger partial charge >= 0.3 is 0 Å². The van der Waals surface area contributed by atoms with E-state index in [1.54, 1.807) is 0 Å². The first kappa shape index (κ1) is 18.0. The van der Waals surface area contributed by atoms with Gasteiger partial charge in [-0.2, -0.15) is 4.89 Å². The third kappa shape index (κ3) is 4.06. The van der Waals surface area contributed by atoms with Gasteiger partial charge in [0.2, 0.25) is 0 Å². The van der Waals surface area contributed by atoms with Crippen LogP contribution in [0.1, 0.15) is 30.5 Å². The molecule has 0 aliphatic carbocycles. The van der Waals surface area contributed by atoms with Gasteiger partial charge in [0.15, 0.2) is 5.75 Å². The van der Waals surface area contributed by atoms with Crippen molar-refractivity contribution in [2.24, 2.45) is 0 Å². The number of fused-ring (bicyclic) bond motifs is 3. The second-order valence-corrected chi connectivity index (χ2v) is 5.93. The molecule has 3 nitrogen and oxygen atoms in total. The Balaban J connectivity index is 0.000000948. The molecule has 3 aromatic carbocycles. The summed E-state index contributed by atoms with van der Waals surface area (Å²) in [6, 6.07) is 22.4. The summed E-state index contributed by atoms with van der Waals surface area (Å²) in [6.07, 6.45) is 0. The van der Waals surface area contributed by atoms with Gasteiger partial charge in [0, 0.05) is 11.6 Å². The molecule has 3 aromatic rings. The number of benzene rings is 3. The van der Waals surface area contributed by atoms with Crippen molar-refractivity contribution in [3.05, 3.63) is 83.4 Å². The molecule has 134 valence electrons. The van der Waals surface area contributed by atoms with Crippen LogP contribution in [-0.2, 0) is 18.1 Å². The van der Waals surface area contributed by atoms with Gasteiger partial charge in [-0.15, -0.1) is 0 Å². The molecular formula is C23H24O3. The first-order chi connectivity index (χ1) is 12.8. The van der Waals surface area contributed by atoms with Crippen molar-refractivity contribution in [3.8, 4) is 22.6 Å². The van der Waals surface area contributed by atoms with E-state index >= 15 is 0 Å². The van der Waals surface area contributed by atoms with Crippen LogP contribution in [0.3, 0.4) is 0 Å². The third-order valence-corrected chi connectivity index (χ3v) is 4.15. The van der Waals surface area contributed by atoms with Gasteiger partial charge in [-0.05, 0) is 35.7 Å². The van der Waals surface area contributed by atoms with Crippen LogP contribution in [0.15, 0.2) is 66.7 Å². The highest BCUT2D eigenvalue weighted by Crippen LogP contribution is 2.38. The normalized spacial score (nSPS) is 11.8. The molecule has 0 saturated heterocycles. The highest BCUT2D eigenvalue weighted by atomic mass is 17.2. The largest absolute Gasteiger partial charge is 0.489 e. The molecule has 0 unspecified atom stereocenters. The van der Waals surface area contributed by atoms with Gasteiger partial charge in [-0.25, -0.2) is 0 Å². The zero-order chi connectivity index (χ0) is 18.4. The molecular weight excluding hydrogens is 324 g/mol. The molecule has 0 atom stereocenters. The Morgan fingerprint density at radius 2 is 1.65 bits per heavy atom. The van der Waals surface area contributed by atoms with Crippen LogP contribution in [0.25, 0.3) is 11.1 Å². The summed E-state index contributed by atoms with van der Waals surface area (Å²) in [6.45, 7) is 7.03. The Hall–Kier alpha value is -2.78. The molecule has 0 bridgehead atoms. The second kappa shape index (κ2) is 8.54. The van der Waals surface area contributed by atoms with E-state index < -0.39 is 0 Å². The van der Waals surface area contributed by atoms with Crippen molar-refractivity contribution in [1.82, 2.24) is 0 Å². The Kier molecular flexibility index (Phi) is 5.92. The van der Waals surface area contributed by atoms with Crippen LogP contribution in [0.2, 0.25) is 0 Å². The van der Waals surface area contributed by atoms with Gasteiger partial charge in [0.25, 0.3) is 0 Å². The maximum Gasteiger partial charge on any atom is 0.176 e. The maximum absolute atomic E-state index is 5.89. The van der Waals surface area contributed by atoms with Crippen molar-refractivity contribution in [2.45, 2.75) is 34.0 Å². The van der Waals surface area contributed by atoms with E-state index in [4.69, 9.17) is 14.5 Å². The predicted octanol–water partition coefficient (Wildman–Crippen LogP) is 6.09. The molecule has 0 fully saturated rings. The van der Waals surface area contributed by atoms with Crippen LogP contribution in [0.5, 0.6) is 11.5 Å². The Morgan fingerprint density at radius 1 is 0.885 bits per heavy atom. The average Bonchev–Trinajstić information content (AvgIpc) is 2.88. The van der Waals surface area contributed by atoms with Crippen LogP contribution >= 0.6 is 0 Å². The summed E-state index contributed by atoms with van der Waals surface area (Å²) in [5, 5.41) is 0. The molecule has 1 aliphatic rings. The minimum absolute atomic E-state index is 0.435. The van der Waals surface area contributed by atoms with E-state index in [2.05, 4.69) is 43.3 Å². The predicted molar refractivity (Wildman–Crippen MR) is 104 cm³/mol. The maximum atomic E-state index is 5.89. The van der Waals surface area contributed by atoms with Crippen LogP contribution in [0, 0.1) is 6.92 Å². The molecule has 1 heterocycles.